The van der Waals surface area contributed by atoms with E-state index in [2.05, 4.69) is 17.4 Å². The number of amides is 1. The molecule has 1 atom stereocenters. The summed E-state index contributed by atoms with van der Waals surface area (Å²) in [6, 6.07) is 29.3. The first-order chi connectivity index (χ1) is 15.1. The number of hydrogen-bond donors (Lipinski definition) is 1. The Hall–Kier alpha value is -3.37. The molecule has 0 fully saturated rings. The van der Waals surface area contributed by atoms with Gasteiger partial charge in [-0.1, -0.05) is 72.3 Å². The Bertz CT molecular complexity index is 1140. The molecule has 4 rings (SSSR count). The summed E-state index contributed by atoms with van der Waals surface area (Å²) in [5, 5.41) is 8.48. The van der Waals surface area contributed by atoms with E-state index in [9.17, 15) is 4.79 Å². The number of hydrogen-bond acceptors (Lipinski definition) is 2. The maximum absolute atomic E-state index is 13.2. The molecule has 0 spiro atoms. The topological polar surface area (TPSA) is 46.9 Å². The number of benzene rings is 3. The summed E-state index contributed by atoms with van der Waals surface area (Å²) < 4.78 is 1.68. The summed E-state index contributed by atoms with van der Waals surface area (Å²) in [7, 11) is 0. The van der Waals surface area contributed by atoms with Crippen LogP contribution in [0.2, 0.25) is 5.02 Å². The third-order valence-electron chi connectivity index (χ3n) is 5.17. The minimum Gasteiger partial charge on any atom is -0.348 e. The molecule has 0 aliphatic heterocycles. The van der Waals surface area contributed by atoms with E-state index in [-0.39, 0.29) is 11.9 Å². The second-order valence-electron chi connectivity index (χ2n) is 7.57. The van der Waals surface area contributed by atoms with E-state index in [0.717, 1.165) is 29.8 Å². The summed E-state index contributed by atoms with van der Waals surface area (Å²) in [5.41, 5.74) is 4.25. The first kappa shape index (κ1) is 20.9. The van der Waals surface area contributed by atoms with Crippen LogP contribution in [-0.4, -0.2) is 21.7 Å². The van der Waals surface area contributed by atoms with Gasteiger partial charge in [-0.25, -0.2) is 4.68 Å². The molecule has 3 aromatic carbocycles. The van der Waals surface area contributed by atoms with Crippen molar-refractivity contribution in [2.24, 2.45) is 0 Å². The van der Waals surface area contributed by atoms with Gasteiger partial charge in [0.15, 0.2) is 0 Å². The molecular formula is C26H24ClN3O. The van der Waals surface area contributed by atoms with Crippen LogP contribution in [0.5, 0.6) is 0 Å². The number of aryl methyl sites for hydroxylation is 1. The Morgan fingerprint density at radius 1 is 0.968 bits per heavy atom. The van der Waals surface area contributed by atoms with Gasteiger partial charge in [0.25, 0.3) is 5.91 Å². The number of carbonyl (C=O) groups is 1. The molecule has 1 unspecified atom stereocenters. The quantitative estimate of drug-likeness (QED) is 0.395. The minimum atomic E-state index is -0.148. The summed E-state index contributed by atoms with van der Waals surface area (Å²) in [4.78, 5) is 13.2. The van der Waals surface area contributed by atoms with Crippen molar-refractivity contribution in [2.75, 3.05) is 0 Å². The number of nitrogens with one attached hydrogen (secondary N) is 1. The van der Waals surface area contributed by atoms with Crippen LogP contribution in [0.3, 0.4) is 0 Å². The van der Waals surface area contributed by atoms with Crippen molar-refractivity contribution >= 4 is 17.5 Å². The van der Waals surface area contributed by atoms with Crippen molar-refractivity contribution in [3.8, 4) is 16.9 Å². The third kappa shape index (κ3) is 5.22. The van der Waals surface area contributed by atoms with Crippen LogP contribution in [0, 0.1) is 0 Å². The molecule has 0 bridgehead atoms. The van der Waals surface area contributed by atoms with Gasteiger partial charge < -0.3 is 5.32 Å². The Balaban J connectivity index is 1.57. The highest BCUT2D eigenvalue weighted by atomic mass is 35.5. The number of aromatic nitrogens is 2. The lowest BCUT2D eigenvalue weighted by molar-refractivity contribution is 0.0930. The maximum Gasteiger partial charge on any atom is 0.270 e. The second kappa shape index (κ2) is 9.63. The lowest BCUT2D eigenvalue weighted by Crippen LogP contribution is -2.34. The number of nitrogens with zero attached hydrogens (tertiary/aromatic N) is 2. The van der Waals surface area contributed by atoms with Gasteiger partial charge in [0.2, 0.25) is 0 Å². The van der Waals surface area contributed by atoms with Crippen LogP contribution < -0.4 is 5.32 Å². The van der Waals surface area contributed by atoms with Gasteiger partial charge >= 0.3 is 0 Å². The Morgan fingerprint density at radius 3 is 2.29 bits per heavy atom. The van der Waals surface area contributed by atoms with Crippen molar-refractivity contribution in [3.05, 3.63) is 107 Å². The van der Waals surface area contributed by atoms with Crippen molar-refractivity contribution < 1.29 is 4.79 Å². The van der Waals surface area contributed by atoms with Crippen molar-refractivity contribution in [2.45, 2.75) is 25.8 Å². The lowest BCUT2D eigenvalue weighted by Gasteiger charge is -2.14. The highest BCUT2D eigenvalue weighted by molar-refractivity contribution is 6.30. The maximum atomic E-state index is 13.2. The van der Waals surface area contributed by atoms with Gasteiger partial charge in [-0.2, -0.15) is 5.10 Å². The largest absolute Gasteiger partial charge is 0.348 e. The van der Waals surface area contributed by atoms with Crippen molar-refractivity contribution in [1.82, 2.24) is 15.1 Å². The molecule has 1 heterocycles. The number of rotatable bonds is 7. The average Bonchev–Trinajstić information content (AvgIpc) is 3.25. The monoisotopic (exact) mass is 429 g/mol. The predicted molar refractivity (Wildman–Crippen MR) is 126 cm³/mol. The molecule has 4 nitrogen and oxygen atoms in total. The van der Waals surface area contributed by atoms with Gasteiger partial charge in [0.1, 0.15) is 5.69 Å². The highest BCUT2D eigenvalue weighted by Crippen LogP contribution is 2.23. The standard InChI is InChI=1S/C26H24ClN3O/c1-19(12-13-20-8-4-2-5-9-20)28-26(31)25-18-24(21-10-6-3-7-11-21)29-30(25)23-16-14-22(27)15-17-23/h2-11,14-19H,12-13H2,1H3,(H,28,31). The summed E-state index contributed by atoms with van der Waals surface area (Å²) in [5.74, 6) is -0.148. The van der Waals surface area contributed by atoms with E-state index in [1.54, 1.807) is 16.8 Å². The molecule has 31 heavy (non-hydrogen) atoms. The van der Waals surface area contributed by atoms with E-state index in [1.807, 2.05) is 73.7 Å². The lowest BCUT2D eigenvalue weighted by atomic mass is 10.1. The average molecular weight is 430 g/mol. The van der Waals surface area contributed by atoms with Crippen LogP contribution in [0.15, 0.2) is 91.0 Å². The summed E-state index contributed by atoms with van der Waals surface area (Å²) in [6.07, 6.45) is 1.77. The Labute approximate surface area is 187 Å². The SMILES string of the molecule is CC(CCc1ccccc1)NC(=O)c1cc(-c2ccccc2)nn1-c1ccc(Cl)cc1. The molecule has 5 heteroatoms. The van der Waals surface area contributed by atoms with Crippen LogP contribution in [0.25, 0.3) is 16.9 Å². The molecule has 1 aromatic heterocycles. The van der Waals surface area contributed by atoms with Crippen LogP contribution >= 0.6 is 11.6 Å². The molecule has 1 amide bonds. The molecule has 0 aliphatic rings. The van der Waals surface area contributed by atoms with E-state index in [4.69, 9.17) is 16.7 Å². The molecule has 0 radical (unpaired) electrons. The van der Waals surface area contributed by atoms with E-state index in [1.165, 1.54) is 5.56 Å². The molecule has 1 N–H and O–H groups in total. The zero-order valence-electron chi connectivity index (χ0n) is 17.3. The fourth-order valence-electron chi connectivity index (χ4n) is 3.47. The molecule has 156 valence electrons. The smallest absolute Gasteiger partial charge is 0.270 e. The predicted octanol–water partition coefficient (Wildman–Crippen LogP) is 5.94. The van der Waals surface area contributed by atoms with E-state index >= 15 is 0 Å². The summed E-state index contributed by atoms with van der Waals surface area (Å²) >= 11 is 6.05. The van der Waals surface area contributed by atoms with E-state index < -0.39 is 0 Å². The van der Waals surface area contributed by atoms with Gasteiger partial charge in [-0.3, -0.25) is 4.79 Å². The Kier molecular flexibility index (Phi) is 6.48. The first-order valence-electron chi connectivity index (χ1n) is 10.4. The van der Waals surface area contributed by atoms with Gasteiger partial charge in [0, 0.05) is 16.6 Å². The fourth-order valence-corrected chi connectivity index (χ4v) is 3.60. The molecular weight excluding hydrogens is 406 g/mol. The normalized spacial score (nSPS) is 11.8. The fraction of sp³-hybridized carbons (Fsp3) is 0.154. The van der Waals surface area contributed by atoms with Crippen molar-refractivity contribution in [3.63, 3.8) is 0 Å². The molecule has 4 aromatic rings. The first-order valence-corrected chi connectivity index (χ1v) is 10.7. The van der Waals surface area contributed by atoms with Crippen LogP contribution in [0.4, 0.5) is 0 Å². The molecule has 0 aliphatic carbocycles. The Morgan fingerprint density at radius 2 is 1.61 bits per heavy atom. The third-order valence-corrected chi connectivity index (χ3v) is 5.42. The highest BCUT2D eigenvalue weighted by Gasteiger charge is 2.19. The van der Waals surface area contributed by atoms with Crippen LogP contribution in [0.1, 0.15) is 29.4 Å². The zero-order valence-corrected chi connectivity index (χ0v) is 18.1. The van der Waals surface area contributed by atoms with Gasteiger partial charge in [0.05, 0.1) is 11.4 Å². The number of halogens is 1. The van der Waals surface area contributed by atoms with Gasteiger partial charge in [-0.15, -0.1) is 0 Å². The second-order valence-corrected chi connectivity index (χ2v) is 8.00. The minimum absolute atomic E-state index is 0.0291. The number of carbonyl (C=O) groups excluding carboxylic acids is 1. The summed E-state index contributed by atoms with van der Waals surface area (Å²) in [6.45, 7) is 2.03. The van der Waals surface area contributed by atoms with Gasteiger partial charge in [-0.05, 0) is 55.7 Å². The molecule has 0 saturated heterocycles. The van der Waals surface area contributed by atoms with E-state index in [0.29, 0.717) is 10.7 Å². The molecule has 0 saturated carbocycles. The van der Waals surface area contributed by atoms with Crippen LogP contribution in [-0.2, 0) is 6.42 Å². The zero-order chi connectivity index (χ0) is 21.6. The van der Waals surface area contributed by atoms with Crippen molar-refractivity contribution in [1.29, 1.82) is 0 Å².